The zero-order chi connectivity index (χ0) is 13.7. The van der Waals surface area contributed by atoms with Crippen LogP contribution in [0.25, 0.3) is 0 Å². The van der Waals surface area contributed by atoms with Gasteiger partial charge >= 0.3 is 0 Å². The summed E-state index contributed by atoms with van der Waals surface area (Å²) in [7, 11) is 0. The van der Waals surface area contributed by atoms with Crippen LogP contribution in [0.5, 0.6) is 0 Å². The number of benzene rings is 1. The van der Waals surface area contributed by atoms with Crippen LogP contribution in [-0.2, 0) is 16.0 Å². The van der Waals surface area contributed by atoms with Crippen LogP contribution in [0, 0.1) is 0 Å². The molecule has 1 aromatic carbocycles. The molecule has 1 fully saturated rings. The number of rotatable bonds is 4. The summed E-state index contributed by atoms with van der Waals surface area (Å²) < 4.78 is 0. The van der Waals surface area contributed by atoms with Crippen molar-refractivity contribution in [3.63, 3.8) is 0 Å². The van der Waals surface area contributed by atoms with E-state index in [0.29, 0.717) is 32.6 Å². The van der Waals surface area contributed by atoms with Gasteiger partial charge in [-0.05, 0) is 5.56 Å². The molecule has 5 heteroatoms. The van der Waals surface area contributed by atoms with Gasteiger partial charge in [-0.1, -0.05) is 30.3 Å². The summed E-state index contributed by atoms with van der Waals surface area (Å²) in [4.78, 5) is 26.8. The smallest absolute Gasteiger partial charge is 0.231 e. The number of hydrogen-bond donors (Lipinski definition) is 1. The molecule has 1 aliphatic heterocycles. The van der Waals surface area contributed by atoms with Gasteiger partial charge in [0.25, 0.3) is 0 Å². The first kappa shape index (κ1) is 13.5. The summed E-state index contributed by atoms with van der Waals surface area (Å²) in [6, 6.07) is 9.74. The molecular formula is C14H19N3O2. The van der Waals surface area contributed by atoms with Crippen molar-refractivity contribution in [1.29, 1.82) is 0 Å². The van der Waals surface area contributed by atoms with Gasteiger partial charge in [-0.2, -0.15) is 0 Å². The van der Waals surface area contributed by atoms with Crippen LogP contribution in [-0.4, -0.2) is 54.3 Å². The average Bonchev–Trinajstić information content (AvgIpc) is 2.40. The van der Waals surface area contributed by atoms with Crippen molar-refractivity contribution < 1.29 is 9.59 Å². The molecule has 0 atom stereocenters. The highest BCUT2D eigenvalue weighted by Gasteiger charge is 2.21. The van der Waals surface area contributed by atoms with Gasteiger partial charge in [-0.25, -0.2) is 0 Å². The molecule has 0 unspecified atom stereocenters. The third kappa shape index (κ3) is 4.06. The molecular weight excluding hydrogens is 242 g/mol. The lowest BCUT2D eigenvalue weighted by Gasteiger charge is -2.34. The number of carbonyl (C=O) groups is 2. The zero-order valence-corrected chi connectivity index (χ0v) is 10.9. The molecule has 1 saturated heterocycles. The first-order chi connectivity index (χ1) is 9.15. The van der Waals surface area contributed by atoms with E-state index in [2.05, 4.69) is 0 Å². The Morgan fingerprint density at radius 2 is 1.68 bits per heavy atom. The topological polar surface area (TPSA) is 66.6 Å². The van der Waals surface area contributed by atoms with Crippen LogP contribution < -0.4 is 5.73 Å². The van der Waals surface area contributed by atoms with Crippen LogP contribution in [0.2, 0.25) is 0 Å². The minimum absolute atomic E-state index is 0.143. The standard InChI is InChI=1S/C14H19N3O2/c15-13(18)11-16-6-8-17(9-7-16)14(19)10-12-4-2-1-3-5-12/h1-5H,6-11H2,(H2,15,18). The average molecular weight is 261 g/mol. The number of nitrogens with two attached hydrogens (primary N) is 1. The van der Waals surface area contributed by atoms with E-state index < -0.39 is 0 Å². The highest BCUT2D eigenvalue weighted by atomic mass is 16.2. The first-order valence-corrected chi connectivity index (χ1v) is 6.47. The van der Waals surface area contributed by atoms with Crippen molar-refractivity contribution in [2.45, 2.75) is 6.42 Å². The summed E-state index contributed by atoms with van der Waals surface area (Å²) in [6.07, 6.45) is 0.441. The van der Waals surface area contributed by atoms with Crippen LogP contribution in [0.15, 0.2) is 30.3 Å². The highest BCUT2D eigenvalue weighted by Crippen LogP contribution is 2.06. The predicted molar refractivity (Wildman–Crippen MR) is 72.4 cm³/mol. The van der Waals surface area contributed by atoms with E-state index in [9.17, 15) is 9.59 Å². The van der Waals surface area contributed by atoms with Gasteiger partial charge < -0.3 is 10.6 Å². The van der Waals surface area contributed by atoms with Crippen LogP contribution in [0.3, 0.4) is 0 Å². The second-order valence-electron chi connectivity index (χ2n) is 4.79. The Morgan fingerprint density at radius 1 is 1.05 bits per heavy atom. The van der Waals surface area contributed by atoms with E-state index in [-0.39, 0.29) is 18.4 Å². The van der Waals surface area contributed by atoms with E-state index in [4.69, 9.17) is 5.73 Å². The third-order valence-electron chi connectivity index (χ3n) is 3.30. The lowest BCUT2D eigenvalue weighted by Crippen LogP contribution is -2.50. The lowest BCUT2D eigenvalue weighted by atomic mass is 10.1. The monoisotopic (exact) mass is 261 g/mol. The molecule has 5 nitrogen and oxygen atoms in total. The molecule has 102 valence electrons. The van der Waals surface area contributed by atoms with Gasteiger partial charge in [0.1, 0.15) is 0 Å². The molecule has 2 rings (SSSR count). The van der Waals surface area contributed by atoms with Crippen molar-refractivity contribution in [2.75, 3.05) is 32.7 Å². The van der Waals surface area contributed by atoms with E-state index in [0.717, 1.165) is 5.56 Å². The summed E-state index contributed by atoms with van der Waals surface area (Å²) in [5.74, 6) is -0.172. The number of nitrogens with zero attached hydrogens (tertiary/aromatic N) is 2. The molecule has 19 heavy (non-hydrogen) atoms. The molecule has 2 amide bonds. The van der Waals surface area contributed by atoms with Gasteiger partial charge in [0, 0.05) is 26.2 Å². The van der Waals surface area contributed by atoms with Crippen LogP contribution >= 0.6 is 0 Å². The Balaban J connectivity index is 1.81. The lowest BCUT2D eigenvalue weighted by molar-refractivity contribution is -0.132. The number of primary amides is 1. The second-order valence-corrected chi connectivity index (χ2v) is 4.79. The van der Waals surface area contributed by atoms with Crippen molar-refractivity contribution in [3.05, 3.63) is 35.9 Å². The fourth-order valence-corrected chi connectivity index (χ4v) is 2.26. The summed E-state index contributed by atoms with van der Waals surface area (Å²) >= 11 is 0. The number of amides is 2. The number of piperazine rings is 1. The normalized spacial score (nSPS) is 16.3. The molecule has 1 aromatic rings. The van der Waals surface area contributed by atoms with Gasteiger partial charge in [0.15, 0.2) is 0 Å². The van der Waals surface area contributed by atoms with Gasteiger partial charge in [0.2, 0.25) is 11.8 Å². The molecule has 1 heterocycles. The molecule has 0 saturated carbocycles. The fourth-order valence-electron chi connectivity index (χ4n) is 2.26. The maximum absolute atomic E-state index is 12.1. The van der Waals surface area contributed by atoms with Gasteiger partial charge in [0.05, 0.1) is 13.0 Å². The number of hydrogen-bond acceptors (Lipinski definition) is 3. The molecule has 2 N–H and O–H groups in total. The Hall–Kier alpha value is -1.88. The van der Waals surface area contributed by atoms with Crippen molar-refractivity contribution in [3.8, 4) is 0 Å². The Morgan fingerprint density at radius 3 is 2.26 bits per heavy atom. The van der Waals surface area contributed by atoms with Gasteiger partial charge in [-0.15, -0.1) is 0 Å². The molecule has 0 aliphatic carbocycles. The molecule has 1 aliphatic rings. The fraction of sp³-hybridized carbons (Fsp3) is 0.429. The Kier molecular flexibility index (Phi) is 4.52. The maximum atomic E-state index is 12.1. The first-order valence-electron chi connectivity index (χ1n) is 6.47. The second kappa shape index (κ2) is 6.33. The molecule has 0 bridgehead atoms. The van der Waals surface area contributed by atoms with Crippen molar-refractivity contribution >= 4 is 11.8 Å². The van der Waals surface area contributed by atoms with Crippen molar-refractivity contribution in [1.82, 2.24) is 9.80 Å². The summed E-state index contributed by atoms with van der Waals surface area (Å²) in [5.41, 5.74) is 6.19. The highest BCUT2D eigenvalue weighted by molar-refractivity contribution is 5.79. The van der Waals surface area contributed by atoms with Crippen LogP contribution in [0.4, 0.5) is 0 Å². The van der Waals surface area contributed by atoms with E-state index in [1.165, 1.54) is 0 Å². The molecule has 0 spiro atoms. The van der Waals surface area contributed by atoms with E-state index >= 15 is 0 Å². The predicted octanol–water partition coefficient (Wildman–Crippen LogP) is -0.141. The zero-order valence-electron chi connectivity index (χ0n) is 10.9. The Bertz CT molecular complexity index is 439. The molecule has 0 radical (unpaired) electrons. The maximum Gasteiger partial charge on any atom is 0.231 e. The van der Waals surface area contributed by atoms with Crippen LogP contribution in [0.1, 0.15) is 5.56 Å². The van der Waals surface area contributed by atoms with Gasteiger partial charge in [-0.3, -0.25) is 14.5 Å². The summed E-state index contributed by atoms with van der Waals surface area (Å²) in [5, 5.41) is 0. The minimum Gasteiger partial charge on any atom is -0.369 e. The third-order valence-corrected chi connectivity index (χ3v) is 3.30. The largest absolute Gasteiger partial charge is 0.369 e. The number of carbonyl (C=O) groups excluding carboxylic acids is 2. The molecule has 0 aromatic heterocycles. The van der Waals surface area contributed by atoms with E-state index in [1.54, 1.807) is 0 Å². The van der Waals surface area contributed by atoms with Crippen molar-refractivity contribution in [2.24, 2.45) is 5.73 Å². The minimum atomic E-state index is -0.316. The van der Waals surface area contributed by atoms with E-state index in [1.807, 2.05) is 40.1 Å². The SMILES string of the molecule is NC(=O)CN1CCN(C(=O)Cc2ccccc2)CC1. The quantitative estimate of drug-likeness (QED) is 0.820. The summed E-state index contributed by atoms with van der Waals surface area (Å²) in [6.45, 7) is 3.03. The Labute approximate surface area is 113 Å².